The van der Waals surface area contributed by atoms with Gasteiger partial charge in [0.2, 0.25) is 5.91 Å². The van der Waals surface area contributed by atoms with Crippen molar-refractivity contribution in [1.82, 2.24) is 15.6 Å². The molecule has 0 aliphatic carbocycles. The quantitative estimate of drug-likeness (QED) is 0.754. The van der Waals surface area contributed by atoms with Crippen LogP contribution in [0.4, 0.5) is 0 Å². The maximum absolute atomic E-state index is 11.6. The minimum absolute atomic E-state index is 0.0145. The topological polar surface area (TPSA) is 54.0 Å². The maximum Gasteiger partial charge on any atom is 0.226 e. The number of hydrogen-bond acceptors (Lipinski definition) is 3. The molecule has 1 aliphatic heterocycles. The molecule has 0 spiro atoms. The molecular weight excluding hydrogens is 190 g/mol. The van der Waals surface area contributed by atoms with E-state index < -0.39 is 0 Å². The summed E-state index contributed by atoms with van der Waals surface area (Å²) in [4.78, 5) is 15.8. The number of pyridine rings is 1. The van der Waals surface area contributed by atoms with E-state index in [1.807, 2.05) is 25.1 Å². The summed E-state index contributed by atoms with van der Waals surface area (Å²) in [6.07, 6.45) is 1.74. The number of carbonyl (C=O) groups excluding carboxylic acids is 1. The predicted molar refractivity (Wildman–Crippen MR) is 57.2 cm³/mol. The minimum Gasteiger partial charge on any atom is -0.348 e. The first-order chi connectivity index (χ1) is 7.27. The molecule has 4 nitrogen and oxygen atoms in total. The van der Waals surface area contributed by atoms with Crippen molar-refractivity contribution in [1.29, 1.82) is 0 Å². The molecule has 1 atom stereocenters. The third-order valence-electron chi connectivity index (χ3n) is 2.64. The third-order valence-corrected chi connectivity index (χ3v) is 2.64. The van der Waals surface area contributed by atoms with E-state index in [0.29, 0.717) is 0 Å². The van der Waals surface area contributed by atoms with Crippen LogP contribution in [0.3, 0.4) is 0 Å². The molecule has 2 rings (SSSR count). The van der Waals surface area contributed by atoms with Gasteiger partial charge in [-0.2, -0.15) is 0 Å². The largest absolute Gasteiger partial charge is 0.348 e. The van der Waals surface area contributed by atoms with E-state index >= 15 is 0 Å². The number of carbonyl (C=O) groups is 1. The van der Waals surface area contributed by atoms with Gasteiger partial charge in [-0.15, -0.1) is 0 Å². The molecule has 1 aliphatic rings. The number of rotatable bonds is 3. The molecule has 0 unspecified atom stereocenters. The lowest BCUT2D eigenvalue weighted by Crippen LogP contribution is -2.51. The Morgan fingerprint density at radius 1 is 1.60 bits per heavy atom. The van der Waals surface area contributed by atoms with E-state index in [9.17, 15) is 4.79 Å². The zero-order valence-corrected chi connectivity index (χ0v) is 8.73. The van der Waals surface area contributed by atoms with E-state index in [1.165, 1.54) is 0 Å². The van der Waals surface area contributed by atoms with Crippen LogP contribution in [0.5, 0.6) is 0 Å². The fraction of sp³-hybridized carbons (Fsp3) is 0.455. The molecular formula is C11H15N3O. The summed E-state index contributed by atoms with van der Waals surface area (Å²) >= 11 is 0. The van der Waals surface area contributed by atoms with Gasteiger partial charge in [-0.3, -0.25) is 9.78 Å². The van der Waals surface area contributed by atoms with Crippen LogP contribution in [-0.2, 0) is 4.79 Å². The molecule has 2 N–H and O–H groups in total. The zero-order valence-electron chi connectivity index (χ0n) is 8.73. The zero-order chi connectivity index (χ0) is 10.7. The van der Waals surface area contributed by atoms with Crippen molar-refractivity contribution in [2.75, 3.05) is 13.1 Å². The van der Waals surface area contributed by atoms with Gasteiger partial charge in [-0.05, 0) is 19.1 Å². The van der Waals surface area contributed by atoms with E-state index in [-0.39, 0.29) is 17.9 Å². The SMILES string of the molecule is C[C@@H](NC(=O)C1CNC1)c1ccccn1. The molecule has 1 aromatic rings. The van der Waals surface area contributed by atoms with Crippen LogP contribution in [0.2, 0.25) is 0 Å². The summed E-state index contributed by atoms with van der Waals surface area (Å²) in [5.41, 5.74) is 0.901. The average Bonchev–Trinajstić information content (AvgIpc) is 2.16. The average molecular weight is 205 g/mol. The highest BCUT2D eigenvalue weighted by Crippen LogP contribution is 2.10. The second kappa shape index (κ2) is 4.40. The van der Waals surface area contributed by atoms with Crippen molar-refractivity contribution < 1.29 is 4.79 Å². The minimum atomic E-state index is -0.0145. The summed E-state index contributed by atoms with van der Waals surface area (Å²) in [5, 5.41) is 6.04. The van der Waals surface area contributed by atoms with Gasteiger partial charge < -0.3 is 10.6 Å². The number of aromatic nitrogens is 1. The normalized spacial score (nSPS) is 17.9. The second-order valence-electron chi connectivity index (χ2n) is 3.84. The van der Waals surface area contributed by atoms with Crippen LogP contribution in [0.1, 0.15) is 18.7 Å². The summed E-state index contributed by atoms with van der Waals surface area (Å²) in [5.74, 6) is 0.253. The highest BCUT2D eigenvalue weighted by atomic mass is 16.2. The molecule has 15 heavy (non-hydrogen) atoms. The Balaban J connectivity index is 1.91. The molecule has 1 saturated heterocycles. The number of nitrogens with zero attached hydrogens (tertiary/aromatic N) is 1. The molecule has 0 radical (unpaired) electrons. The van der Waals surface area contributed by atoms with Crippen LogP contribution >= 0.6 is 0 Å². The Hall–Kier alpha value is -1.42. The number of amides is 1. The van der Waals surface area contributed by atoms with Crippen molar-refractivity contribution in [3.63, 3.8) is 0 Å². The van der Waals surface area contributed by atoms with Crippen LogP contribution in [0.15, 0.2) is 24.4 Å². The smallest absolute Gasteiger partial charge is 0.226 e. The summed E-state index contributed by atoms with van der Waals surface area (Å²) in [6.45, 7) is 3.54. The lowest BCUT2D eigenvalue weighted by molar-refractivity contribution is -0.127. The lowest BCUT2D eigenvalue weighted by atomic mass is 10.0. The molecule has 4 heteroatoms. The van der Waals surface area contributed by atoms with Crippen LogP contribution in [0, 0.1) is 5.92 Å². The van der Waals surface area contributed by atoms with Crippen molar-refractivity contribution >= 4 is 5.91 Å². The number of nitrogens with one attached hydrogen (secondary N) is 2. The van der Waals surface area contributed by atoms with Crippen LogP contribution in [0.25, 0.3) is 0 Å². The van der Waals surface area contributed by atoms with Crippen molar-refractivity contribution in [3.05, 3.63) is 30.1 Å². The Morgan fingerprint density at radius 3 is 2.93 bits per heavy atom. The summed E-state index contributed by atoms with van der Waals surface area (Å²) in [7, 11) is 0. The maximum atomic E-state index is 11.6. The molecule has 2 heterocycles. The van der Waals surface area contributed by atoms with Gasteiger partial charge in [-0.1, -0.05) is 6.07 Å². The highest BCUT2D eigenvalue weighted by molar-refractivity contribution is 5.80. The summed E-state index contributed by atoms with van der Waals surface area (Å²) in [6, 6.07) is 5.70. The Bertz CT molecular complexity index is 335. The Kier molecular flexibility index (Phi) is 2.97. The number of hydrogen-bond donors (Lipinski definition) is 2. The molecule has 1 amide bonds. The molecule has 0 bridgehead atoms. The van der Waals surface area contributed by atoms with Gasteiger partial charge in [0.15, 0.2) is 0 Å². The Labute approximate surface area is 89.1 Å². The van der Waals surface area contributed by atoms with E-state index in [0.717, 1.165) is 18.8 Å². The van der Waals surface area contributed by atoms with Crippen LogP contribution < -0.4 is 10.6 Å². The van der Waals surface area contributed by atoms with Gasteiger partial charge in [0.1, 0.15) is 0 Å². The molecule has 1 aromatic heterocycles. The lowest BCUT2D eigenvalue weighted by Gasteiger charge is -2.27. The van der Waals surface area contributed by atoms with E-state index in [4.69, 9.17) is 0 Å². The third kappa shape index (κ3) is 2.33. The van der Waals surface area contributed by atoms with Gasteiger partial charge in [0.25, 0.3) is 0 Å². The standard InChI is InChI=1S/C11H15N3O/c1-8(10-4-2-3-5-13-10)14-11(15)9-6-12-7-9/h2-5,8-9,12H,6-7H2,1H3,(H,14,15)/t8-/m1/s1. The molecule has 0 aromatic carbocycles. The van der Waals surface area contributed by atoms with E-state index in [2.05, 4.69) is 15.6 Å². The highest BCUT2D eigenvalue weighted by Gasteiger charge is 2.25. The monoisotopic (exact) mass is 205 g/mol. The van der Waals surface area contributed by atoms with Crippen LogP contribution in [-0.4, -0.2) is 24.0 Å². The first-order valence-electron chi connectivity index (χ1n) is 5.19. The van der Waals surface area contributed by atoms with Gasteiger partial charge in [0, 0.05) is 19.3 Å². The fourth-order valence-electron chi connectivity index (χ4n) is 1.51. The van der Waals surface area contributed by atoms with E-state index in [1.54, 1.807) is 6.20 Å². The molecule has 80 valence electrons. The van der Waals surface area contributed by atoms with Gasteiger partial charge >= 0.3 is 0 Å². The van der Waals surface area contributed by atoms with Crippen molar-refractivity contribution in [2.24, 2.45) is 5.92 Å². The molecule has 1 fully saturated rings. The Morgan fingerprint density at radius 2 is 2.40 bits per heavy atom. The summed E-state index contributed by atoms with van der Waals surface area (Å²) < 4.78 is 0. The first kappa shape index (κ1) is 10.1. The first-order valence-corrected chi connectivity index (χ1v) is 5.19. The van der Waals surface area contributed by atoms with Gasteiger partial charge in [0.05, 0.1) is 17.7 Å². The van der Waals surface area contributed by atoms with Crippen molar-refractivity contribution in [3.8, 4) is 0 Å². The van der Waals surface area contributed by atoms with Crippen molar-refractivity contribution in [2.45, 2.75) is 13.0 Å². The molecule has 0 saturated carbocycles. The second-order valence-corrected chi connectivity index (χ2v) is 3.84. The predicted octanol–water partition coefficient (Wildman–Crippen LogP) is 0.478. The fourth-order valence-corrected chi connectivity index (χ4v) is 1.51. The van der Waals surface area contributed by atoms with Gasteiger partial charge in [-0.25, -0.2) is 0 Å².